The normalized spacial score (nSPS) is 12.6. The van der Waals surface area contributed by atoms with Gasteiger partial charge in [-0.15, -0.1) is 11.3 Å². The Hall–Kier alpha value is -3.65. The number of esters is 1. The summed E-state index contributed by atoms with van der Waals surface area (Å²) in [7, 11) is 1.37. The second-order valence-electron chi connectivity index (χ2n) is 8.08. The summed E-state index contributed by atoms with van der Waals surface area (Å²) in [6, 6.07) is 13.2. The van der Waals surface area contributed by atoms with Crippen LogP contribution in [0.1, 0.15) is 26.4 Å². The van der Waals surface area contributed by atoms with E-state index in [1.54, 1.807) is 23.5 Å². The van der Waals surface area contributed by atoms with Gasteiger partial charge in [0.2, 0.25) is 0 Å². The Kier molecular flexibility index (Phi) is 6.06. The Morgan fingerprint density at radius 2 is 1.82 bits per heavy atom. The Balaban J connectivity index is 1.41. The van der Waals surface area contributed by atoms with E-state index in [2.05, 4.69) is 25.2 Å². The van der Waals surface area contributed by atoms with Crippen molar-refractivity contribution in [3.8, 4) is 22.9 Å². The lowest BCUT2D eigenvalue weighted by Gasteiger charge is -2.19. The Bertz CT molecular complexity index is 1360. The minimum Gasteiger partial charge on any atom is -0.486 e. The molecule has 0 saturated heterocycles. The summed E-state index contributed by atoms with van der Waals surface area (Å²) in [6.45, 7) is 6.08. The van der Waals surface area contributed by atoms with E-state index in [9.17, 15) is 4.79 Å². The number of ether oxygens (including phenoxy) is 3. The van der Waals surface area contributed by atoms with E-state index in [0.29, 0.717) is 31.1 Å². The molecule has 1 aliphatic rings. The van der Waals surface area contributed by atoms with Gasteiger partial charge in [-0.1, -0.05) is 18.2 Å². The van der Waals surface area contributed by atoms with Crippen molar-refractivity contribution in [2.75, 3.05) is 32.2 Å². The summed E-state index contributed by atoms with van der Waals surface area (Å²) in [4.78, 5) is 23.6. The molecule has 2 aromatic heterocycles. The molecule has 2 aromatic carbocycles. The molecular weight excluding hydrogens is 450 g/mol. The summed E-state index contributed by atoms with van der Waals surface area (Å²) < 4.78 is 16.1. The third-order valence-corrected chi connectivity index (χ3v) is 7.01. The first-order valence-corrected chi connectivity index (χ1v) is 11.9. The number of fused-ring (bicyclic) bond motifs is 2. The molecule has 1 aliphatic heterocycles. The molecule has 0 saturated carbocycles. The molecule has 5 rings (SSSR count). The molecular formula is C26H25N3O4S. The fraction of sp³-hybridized carbons (Fsp3) is 0.269. The summed E-state index contributed by atoms with van der Waals surface area (Å²) in [5.74, 6) is 2.67. The molecule has 174 valence electrons. The number of hydrogen-bond acceptors (Lipinski definition) is 8. The van der Waals surface area contributed by atoms with Gasteiger partial charge in [0.1, 0.15) is 23.9 Å². The molecule has 0 bridgehead atoms. The third kappa shape index (κ3) is 4.28. The second-order valence-corrected chi connectivity index (χ2v) is 9.29. The van der Waals surface area contributed by atoms with Gasteiger partial charge in [-0.25, -0.2) is 14.8 Å². The number of carbonyl (C=O) groups is 1. The molecule has 34 heavy (non-hydrogen) atoms. The van der Waals surface area contributed by atoms with Crippen molar-refractivity contribution < 1.29 is 19.0 Å². The highest BCUT2D eigenvalue weighted by molar-refractivity contribution is 7.18. The van der Waals surface area contributed by atoms with Crippen molar-refractivity contribution in [1.29, 1.82) is 0 Å². The van der Waals surface area contributed by atoms with Crippen molar-refractivity contribution >= 4 is 33.3 Å². The van der Waals surface area contributed by atoms with Gasteiger partial charge in [0.05, 0.1) is 18.1 Å². The summed E-state index contributed by atoms with van der Waals surface area (Å²) in [5, 5.41) is 4.58. The van der Waals surface area contributed by atoms with E-state index < -0.39 is 0 Å². The summed E-state index contributed by atoms with van der Waals surface area (Å²) >= 11 is 1.66. The van der Waals surface area contributed by atoms with E-state index in [1.807, 2.05) is 24.3 Å². The molecule has 3 heterocycles. The van der Waals surface area contributed by atoms with E-state index in [4.69, 9.17) is 24.2 Å². The number of rotatable bonds is 6. The number of nitrogens with zero attached hydrogens (tertiary/aromatic N) is 2. The van der Waals surface area contributed by atoms with Gasteiger partial charge < -0.3 is 19.5 Å². The quantitative estimate of drug-likeness (QED) is 0.384. The SMILES string of the molecule is COC(=O)c1ccc(-c2nc(NCCc3ccc4c(c3)OCCO4)c3c(C)c(C)sc3n2)cc1. The highest BCUT2D eigenvalue weighted by Gasteiger charge is 2.17. The van der Waals surface area contributed by atoms with Crippen LogP contribution in [0, 0.1) is 13.8 Å². The molecule has 0 amide bonds. The van der Waals surface area contributed by atoms with Gasteiger partial charge in [-0.05, 0) is 55.7 Å². The van der Waals surface area contributed by atoms with Crippen LogP contribution in [0.4, 0.5) is 5.82 Å². The fourth-order valence-electron chi connectivity index (χ4n) is 3.95. The molecule has 0 radical (unpaired) electrons. The van der Waals surface area contributed by atoms with Crippen LogP contribution in [0.2, 0.25) is 0 Å². The molecule has 8 heteroatoms. The highest BCUT2D eigenvalue weighted by Crippen LogP contribution is 2.35. The van der Waals surface area contributed by atoms with Crippen molar-refractivity contribution in [1.82, 2.24) is 9.97 Å². The van der Waals surface area contributed by atoms with Crippen molar-refractivity contribution in [3.63, 3.8) is 0 Å². The number of anilines is 1. The molecule has 7 nitrogen and oxygen atoms in total. The second kappa shape index (κ2) is 9.30. The molecule has 0 atom stereocenters. The van der Waals surface area contributed by atoms with Crippen molar-refractivity contribution in [3.05, 3.63) is 64.0 Å². The minimum absolute atomic E-state index is 0.367. The maximum Gasteiger partial charge on any atom is 0.337 e. The van der Waals surface area contributed by atoms with Crippen LogP contribution in [0.5, 0.6) is 11.5 Å². The molecule has 0 spiro atoms. The zero-order valence-electron chi connectivity index (χ0n) is 19.3. The van der Waals surface area contributed by atoms with Gasteiger partial charge in [0.25, 0.3) is 0 Å². The van der Waals surface area contributed by atoms with Gasteiger partial charge in [-0.3, -0.25) is 0 Å². The smallest absolute Gasteiger partial charge is 0.337 e. The number of aryl methyl sites for hydroxylation is 2. The maximum absolute atomic E-state index is 11.8. The van der Waals surface area contributed by atoms with Crippen molar-refractivity contribution in [2.45, 2.75) is 20.3 Å². The van der Waals surface area contributed by atoms with E-state index in [-0.39, 0.29) is 5.97 Å². The lowest BCUT2D eigenvalue weighted by molar-refractivity contribution is 0.0600. The first-order chi connectivity index (χ1) is 16.5. The molecule has 1 N–H and O–H groups in total. The van der Waals surface area contributed by atoms with Crippen LogP contribution in [-0.2, 0) is 11.2 Å². The Morgan fingerprint density at radius 3 is 2.59 bits per heavy atom. The van der Waals surface area contributed by atoms with Crippen LogP contribution in [0.3, 0.4) is 0 Å². The minimum atomic E-state index is -0.367. The number of thiophene rings is 1. The number of nitrogens with one attached hydrogen (secondary N) is 1. The highest BCUT2D eigenvalue weighted by atomic mass is 32.1. The molecule has 0 aliphatic carbocycles. The van der Waals surface area contributed by atoms with Crippen LogP contribution in [0.15, 0.2) is 42.5 Å². The van der Waals surface area contributed by atoms with Crippen LogP contribution in [0.25, 0.3) is 21.6 Å². The predicted octanol–water partition coefficient (Wildman–Crippen LogP) is 5.19. The van der Waals surface area contributed by atoms with Crippen LogP contribution < -0.4 is 14.8 Å². The predicted molar refractivity (Wildman–Crippen MR) is 133 cm³/mol. The average Bonchev–Trinajstić information content (AvgIpc) is 3.16. The Morgan fingerprint density at radius 1 is 1.06 bits per heavy atom. The number of hydrogen-bond donors (Lipinski definition) is 1. The number of aromatic nitrogens is 2. The topological polar surface area (TPSA) is 82.6 Å². The monoisotopic (exact) mass is 475 g/mol. The van der Waals surface area contributed by atoms with Gasteiger partial charge >= 0.3 is 5.97 Å². The summed E-state index contributed by atoms with van der Waals surface area (Å²) in [5.41, 5.74) is 3.69. The van der Waals surface area contributed by atoms with Crippen molar-refractivity contribution in [2.24, 2.45) is 0 Å². The maximum atomic E-state index is 11.8. The van der Waals surface area contributed by atoms with E-state index in [1.165, 1.54) is 23.1 Å². The van der Waals surface area contributed by atoms with E-state index in [0.717, 1.165) is 39.5 Å². The standard InChI is InChI=1S/C26H25N3O4S/c1-15-16(2)34-25-22(15)24(27-11-10-17-4-9-20-21(14-17)33-13-12-32-20)28-23(29-25)18-5-7-19(8-6-18)26(30)31-3/h4-9,14H,10-13H2,1-3H3,(H,27,28,29). The van der Waals surface area contributed by atoms with Crippen LogP contribution in [-0.4, -0.2) is 42.8 Å². The first-order valence-electron chi connectivity index (χ1n) is 11.1. The lowest BCUT2D eigenvalue weighted by Crippen LogP contribution is -2.15. The lowest BCUT2D eigenvalue weighted by atomic mass is 10.1. The largest absolute Gasteiger partial charge is 0.486 e. The van der Waals surface area contributed by atoms with Gasteiger partial charge in [0, 0.05) is 17.0 Å². The number of methoxy groups -OCH3 is 1. The molecule has 4 aromatic rings. The summed E-state index contributed by atoms with van der Waals surface area (Å²) in [6.07, 6.45) is 0.813. The number of benzene rings is 2. The molecule has 0 unspecified atom stereocenters. The van der Waals surface area contributed by atoms with Gasteiger partial charge in [0.15, 0.2) is 17.3 Å². The fourth-order valence-corrected chi connectivity index (χ4v) is 4.98. The zero-order chi connectivity index (χ0) is 23.7. The zero-order valence-corrected chi connectivity index (χ0v) is 20.1. The van der Waals surface area contributed by atoms with Gasteiger partial charge in [-0.2, -0.15) is 0 Å². The Labute approximate surface area is 201 Å². The van der Waals surface area contributed by atoms with Crippen LogP contribution >= 0.6 is 11.3 Å². The van der Waals surface area contributed by atoms with E-state index >= 15 is 0 Å². The average molecular weight is 476 g/mol. The third-order valence-electron chi connectivity index (χ3n) is 5.91. The first kappa shape index (κ1) is 22.2. The molecule has 0 fully saturated rings. The number of carbonyl (C=O) groups excluding carboxylic acids is 1.